The molecule has 2 aromatic rings. The van der Waals surface area contributed by atoms with Crippen molar-refractivity contribution in [1.29, 1.82) is 0 Å². The molecule has 3 rings (SSSR count). The van der Waals surface area contributed by atoms with Crippen LogP contribution >= 0.6 is 0 Å². The Hall–Kier alpha value is -2.19. The average Bonchev–Trinajstić information content (AvgIpc) is 2.97. The van der Waals surface area contributed by atoms with Gasteiger partial charge in [0.1, 0.15) is 0 Å². The lowest BCUT2D eigenvalue weighted by molar-refractivity contribution is 0.588. The van der Waals surface area contributed by atoms with Crippen molar-refractivity contribution in [2.24, 2.45) is 5.11 Å². The average molecular weight is 294 g/mol. The zero-order valence-electron chi connectivity index (χ0n) is 13.7. The topological polar surface area (TPSA) is 53.7 Å². The van der Waals surface area contributed by atoms with Gasteiger partial charge in [-0.3, -0.25) is 0 Å². The van der Waals surface area contributed by atoms with Gasteiger partial charge in [-0.2, -0.15) is 0 Å². The molecule has 1 atom stereocenters. The number of benzene rings is 1. The largest absolute Gasteiger partial charge is 0.347 e. The highest BCUT2D eigenvalue weighted by molar-refractivity contribution is 5.75. The summed E-state index contributed by atoms with van der Waals surface area (Å²) in [6.07, 6.45) is 3.11. The fourth-order valence-corrected chi connectivity index (χ4v) is 3.17. The Morgan fingerprint density at radius 2 is 2.05 bits per heavy atom. The van der Waals surface area contributed by atoms with Crippen molar-refractivity contribution >= 4 is 0 Å². The molecule has 0 aliphatic heterocycles. The number of hydrogen-bond acceptors (Lipinski definition) is 1. The molecule has 0 amide bonds. The van der Waals surface area contributed by atoms with E-state index >= 15 is 0 Å². The Morgan fingerprint density at radius 1 is 1.27 bits per heavy atom. The monoisotopic (exact) mass is 294 g/mol. The molecule has 1 aromatic heterocycles. The quantitative estimate of drug-likeness (QED) is 0.368. The second kappa shape index (κ2) is 5.22. The Labute approximate surface area is 131 Å². The summed E-state index contributed by atoms with van der Waals surface area (Å²) >= 11 is 0. The molecular weight excluding hydrogens is 272 g/mol. The van der Waals surface area contributed by atoms with Crippen LogP contribution < -0.4 is 0 Å². The zero-order chi connectivity index (χ0) is 15.9. The van der Waals surface area contributed by atoms with Crippen LogP contribution in [-0.4, -0.2) is 10.6 Å². The normalized spacial score (nSPS) is 14.2. The lowest BCUT2D eigenvalue weighted by Gasteiger charge is -2.20. The molecule has 1 aliphatic carbocycles. The first-order valence-electron chi connectivity index (χ1n) is 7.76. The molecule has 0 saturated heterocycles. The minimum Gasteiger partial charge on any atom is -0.347 e. The van der Waals surface area contributed by atoms with Gasteiger partial charge in [0.25, 0.3) is 0 Å². The number of aromatic nitrogens is 1. The summed E-state index contributed by atoms with van der Waals surface area (Å²) in [6.45, 7) is 9.40. The molecular formula is C18H22N4. The van der Waals surface area contributed by atoms with Crippen LogP contribution in [0, 0.1) is 0 Å². The molecule has 0 fully saturated rings. The molecule has 4 nitrogen and oxygen atoms in total. The molecule has 0 radical (unpaired) electrons. The van der Waals surface area contributed by atoms with Gasteiger partial charge in [0.15, 0.2) is 0 Å². The third kappa shape index (κ3) is 2.51. The number of fused-ring (bicyclic) bond motifs is 3. The van der Waals surface area contributed by atoms with E-state index in [9.17, 15) is 0 Å². The number of azide groups is 1. The van der Waals surface area contributed by atoms with Crippen LogP contribution in [0.25, 0.3) is 21.7 Å². The van der Waals surface area contributed by atoms with E-state index < -0.39 is 0 Å². The molecule has 0 bridgehead atoms. The summed E-state index contributed by atoms with van der Waals surface area (Å²) in [5, 5.41) is 3.80. The van der Waals surface area contributed by atoms with Gasteiger partial charge in [0.2, 0.25) is 0 Å². The van der Waals surface area contributed by atoms with Crippen LogP contribution in [0.15, 0.2) is 35.6 Å². The zero-order valence-corrected chi connectivity index (χ0v) is 13.7. The highest BCUT2D eigenvalue weighted by Crippen LogP contribution is 2.39. The van der Waals surface area contributed by atoms with E-state index in [0.29, 0.717) is 0 Å². The molecule has 22 heavy (non-hydrogen) atoms. The smallest absolute Gasteiger partial charge is 0.0525 e. The molecule has 0 spiro atoms. The molecule has 114 valence electrons. The fraction of sp³-hybridized carbons (Fsp3) is 0.444. The maximum atomic E-state index is 8.59. The maximum Gasteiger partial charge on any atom is 0.0525 e. The summed E-state index contributed by atoms with van der Waals surface area (Å²) in [6, 6.07) is 8.98. The van der Waals surface area contributed by atoms with E-state index in [4.69, 9.17) is 5.53 Å². The fourth-order valence-electron chi connectivity index (χ4n) is 3.17. The van der Waals surface area contributed by atoms with Gasteiger partial charge in [0.05, 0.1) is 11.7 Å². The molecule has 1 aliphatic rings. The van der Waals surface area contributed by atoms with E-state index in [1.54, 1.807) is 0 Å². The van der Waals surface area contributed by atoms with Crippen LogP contribution in [0.2, 0.25) is 0 Å². The first kappa shape index (κ1) is 14.7. The van der Waals surface area contributed by atoms with Crippen molar-refractivity contribution < 1.29 is 0 Å². The van der Waals surface area contributed by atoms with Crippen molar-refractivity contribution in [2.45, 2.75) is 52.1 Å². The Bertz CT molecular complexity index is 758. The summed E-state index contributed by atoms with van der Waals surface area (Å²) in [5.41, 5.74) is 15.5. The van der Waals surface area contributed by atoms with Gasteiger partial charge in [-0.1, -0.05) is 44.9 Å². The summed E-state index contributed by atoms with van der Waals surface area (Å²) in [4.78, 5) is 2.91. The second-order valence-corrected chi connectivity index (χ2v) is 7.19. The minimum absolute atomic E-state index is 0.0450. The van der Waals surface area contributed by atoms with Gasteiger partial charge in [-0.05, 0) is 39.8 Å². The van der Waals surface area contributed by atoms with Crippen molar-refractivity contribution in [3.8, 4) is 11.3 Å². The first-order chi connectivity index (χ1) is 10.4. The Kier molecular flexibility index (Phi) is 3.50. The van der Waals surface area contributed by atoms with Crippen LogP contribution in [0.1, 0.15) is 44.4 Å². The SMILES string of the molecule is C[C@@H](Cn1ccc2c1-c1cc(C(C)(C)C)ccc1C2)N=[N+]=[N-]. The summed E-state index contributed by atoms with van der Waals surface area (Å²) in [5.74, 6) is 0. The van der Waals surface area contributed by atoms with Crippen molar-refractivity contribution in [2.75, 3.05) is 0 Å². The second-order valence-electron chi connectivity index (χ2n) is 7.19. The Morgan fingerprint density at radius 3 is 2.73 bits per heavy atom. The first-order valence-corrected chi connectivity index (χ1v) is 7.76. The van der Waals surface area contributed by atoms with Gasteiger partial charge in [0, 0.05) is 29.6 Å². The van der Waals surface area contributed by atoms with Gasteiger partial charge in [-0.25, -0.2) is 0 Å². The summed E-state index contributed by atoms with van der Waals surface area (Å²) < 4.78 is 2.23. The molecule has 1 heterocycles. The number of rotatable bonds is 3. The molecule has 0 unspecified atom stereocenters. The minimum atomic E-state index is -0.0450. The molecule has 0 saturated carbocycles. The van der Waals surface area contributed by atoms with Gasteiger partial charge < -0.3 is 4.57 Å². The van der Waals surface area contributed by atoms with Gasteiger partial charge in [-0.15, -0.1) is 0 Å². The predicted molar refractivity (Wildman–Crippen MR) is 90.0 cm³/mol. The number of hydrogen-bond donors (Lipinski definition) is 0. The highest BCUT2D eigenvalue weighted by atomic mass is 15.2. The molecule has 1 aromatic carbocycles. The third-order valence-electron chi connectivity index (χ3n) is 4.37. The Balaban J connectivity index is 2.04. The van der Waals surface area contributed by atoms with E-state index in [0.717, 1.165) is 13.0 Å². The van der Waals surface area contributed by atoms with E-state index in [1.807, 2.05) is 6.92 Å². The van der Waals surface area contributed by atoms with Gasteiger partial charge >= 0.3 is 0 Å². The molecule has 4 heteroatoms. The van der Waals surface area contributed by atoms with E-state index in [2.05, 4.69) is 65.8 Å². The lowest BCUT2D eigenvalue weighted by Crippen LogP contribution is -2.12. The van der Waals surface area contributed by atoms with Crippen molar-refractivity contribution in [1.82, 2.24) is 4.57 Å². The van der Waals surface area contributed by atoms with E-state index in [1.165, 1.54) is 27.9 Å². The number of nitrogens with zero attached hydrogens (tertiary/aromatic N) is 4. The van der Waals surface area contributed by atoms with Crippen LogP contribution in [0.5, 0.6) is 0 Å². The lowest BCUT2D eigenvalue weighted by atomic mass is 9.85. The van der Waals surface area contributed by atoms with E-state index in [-0.39, 0.29) is 11.5 Å². The van der Waals surface area contributed by atoms with Crippen molar-refractivity contribution in [3.05, 3.63) is 57.6 Å². The molecule has 0 N–H and O–H groups in total. The van der Waals surface area contributed by atoms with Crippen LogP contribution in [0.4, 0.5) is 0 Å². The third-order valence-corrected chi connectivity index (χ3v) is 4.37. The van der Waals surface area contributed by atoms with Crippen LogP contribution in [0.3, 0.4) is 0 Å². The van der Waals surface area contributed by atoms with Crippen LogP contribution in [-0.2, 0) is 18.4 Å². The maximum absolute atomic E-state index is 8.59. The van der Waals surface area contributed by atoms with Crippen molar-refractivity contribution in [3.63, 3.8) is 0 Å². The highest BCUT2D eigenvalue weighted by Gasteiger charge is 2.25. The summed E-state index contributed by atoms with van der Waals surface area (Å²) in [7, 11) is 0. The standard InChI is InChI=1S/C18H22N4/c1-12(20-21-19)11-22-8-7-14-9-13-5-6-15(18(2,3)4)10-16(13)17(14)22/h5-8,10,12H,9,11H2,1-4H3/t12-/m0/s1. The predicted octanol–water partition coefficient (Wildman–Crippen LogP) is 5.06.